The molecule has 5 N–H and O–H groups in total. The monoisotopic (exact) mass is 382 g/mol. The van der Waals surface area contributed by atoms with Crippen molar-refractivity contribution < 1.29 is 29.7 Å². The number of benzene rings is 2. The van der Waals surface area contributed by atoms with Gasteiger partial charge in [-0.2, -0.15) is 0 Å². The van der Waals surface area contributed by atoms with Crippen LogP contribution in [-0.2, 0) is 0 Å². The lowest BCUT2D eigenvalue weighted by Crippen LogP contribution is -2.45. The molecule has 0 bridgehead atoms. The first-order valence-electron chi connectivity index (χ1n) is 8.85. The van der Waals surface area contributed by atoms with Gasteiger partial charge in [-0.05, 0) is 31.0 Å². The Morgan fingerprint density at radius 1 is 0.964 bits per heavy atom. The van der Waals surface area contributed by atoms with Crippen molar-refractivity contribution in [3.63, 3.8) is 0 Å². The highest BCUT2D eigenvalue weighted by Gasteiger charge is 2.36. The van der Waals surface area contributed by atoms with Crippen LogP contribution in [0.1, 0.15) is 55.0 Å². The summed E-state index contributed by atoms with van der Waals surface area (Å²) in [7, 11) is 0. The maximum Gasteiger partial charge on any atom is 0.254 e. The van der Waals surface area contributed by atoms with Gasteiger partial charge in [0.05, 0.1) is 11.1 Å². The highest BCUT2D eigenvalue weighted by molar-refractivity contribution is 6.30. The number of ketones is 2. The van der Waals surface area contributed by atoms with Gasteiger partial charge >= 0.3 is 0 Å². The van der Waals surface area contributed by atoms with E-state index in [0.29, 0.717) is 13.1 Å². The fourth-order valence-corrected chi connectivity index (χ4v) is 3.84. The predicted molar refractivity (Wildman–Crippen MR) is 97.9 cm³/mol. The van der Waals surface area contributed by atoms with Gasteiger partial charge in [-0.15, -0.1) is 0 Å². The zero-order valence-corrected chi connectivity index (χ0v) is 14.8. The third kappa shape index (κ3) is 2.69. The standard InChI is InChI=1S/C20H18N2O6/c21-10-2-1-3-22(8-10)20(28)9-4-12-16(14(24)5-9)19(27)17-13(18(12)26)6-11(23)7-15(17)25/h4-7,10,23-25H,1-3,8,21H2/t10-/m0/s1. The highest BCUT2D eigenvalue weighted by atomic mass is 16.3. The molecular weight excluding hydrogens is 364 g/mol. The number of carbonyl (C=O) groups excluding carboxylic acids is 3. The summed E-state index contributed by atoms with van der Waals surface area (Å²) < 4.78 is 0. The molecule has 0 unspecified atom stereocenters. The highest BCUT2D eigenvalue weighted by Crippen LogP contribution is 2.39. The fourth-order valence-electron chi connectivity index (χ4n) is 3.84. The van der Waals surface area contributed by atoms with Gasteiger partial charge in [-0.3, -0.25) is 14.4 Å². The smallest absolute Gasteiger partial charge is 0.254 e. The second kappa shape index (κ2) is 6.35. The lowest BCUT2D eigenvalue weighted by atomic mass is 9.82. The summed E-state index contributed by atoms with van der Waals surface area (Å²) in [4.78, 5) is 40.0. The van der Waals surface area contributed by atoms with E-state index < -0.39 is 29.0 Å². The number of rotatable bonds is 1. The number of nitrogens with two attached hydrogens (primary N) is 1. The molecule has 144 valence electrons. The van der Waals surface area contributed by atoms with Crippen LogP contribution in [-0.4, -0.2) is 56.8 Å². The summed E-state index contributed by atoms with van der Waals surface area (Å²) in [6, 6.07) is 4.30. The van der Waals surface area contributed by atoms with E-state index in [9.17, 15) is 29.7 Å². The second-order valence-corrected chi connectivity index (χ2v) is 7.12. The Labute approximate surface area is 159 Å². The molecular formula is C20H18N2O6. The lowest BCUT2D eigenvalue weighted by Gasteiger charge is -2.31. The molecule has 8 nitrogen and oxygen atoms in total. The number of phenols is 3. The van der Waals surface area contributed by atoms with E-state index in [-0.39, 0.29) is 39.6 Å². The van der Waals surface area contributed by atoms with Crippen molar-refractivity contribution in [1.29, 1.82) is 0 Å². The number of phenolic OH excluding ortho intramolecular Hbond substituents is 3. The minimum absolute atomic E-state index is 0.0688. The first-order chi connectivity index (χ1) is 13.3. The van der Waals surface area contributed by atoms with Gasteiger partial charge in [0.15, 0.2) is 5.78 Å². The minimum Gasteiger partial charge on any atom is -0.508 e. The van der Waals surface area contributed by atoms with Crippen LogP contribution >= 0.6 is 0 Å². The first kappa shape index (κ1) is 18.0. The topological polar surface area (TPSA) is 141 Å². The summed E-state index contributed by atoms with van der Waals surface area (Å²) in [5.74, 6) is -3.26. The molecule has 28 heavy (non-hydrogen) atoms. The molecule has 0 spiro atoms. The van der Waals surface area contributed by atoms with Crippen LogP contribution in [0.2, 0.25) is 0 Å². The minimum atomic E-state index is -0.751. The molecule has 0 radical (unpaired) electrons. The Balaban J connectivity index is 1.81. The number of carbonyl (C=O) groups is 3. The van der Waals surface area contributed by atoms with Crippen molar-refractivity contribution in [2.45, 2.75) is 18.9 Å². The van der Waals surface area contributed by atoms with Crippen LogP contribution in [0.5, 0.6) is 17.2 Å². The molecule has 1 fully saturated rings. The Bertz CT molecular complexity index is 1050. The molecule has 0 saturated carbocycles. The zero-order valence-electron chi connectivity index (χ0n) is 14.8. The van der Waals surface area contributed by atoms with Crippen molar-refractivity contribution in [1.82, 2.24) is 4.90 Å². The maximum atomic E-state index is 12.9. The van der Waals surface area contributed by atoms with Gasteiger partial charge < -0.3 is 26.0 Å². The predicted octanol–water partition coefficient (Wildman–Crippen LogP) is 1.14. The van der Waals surface area contributed by atoms with Gasteiger partial charge in [-0.25, -0.2) is 0 Å². The molecule has 2 aliphatic rings. The molecule has 2 aromatic rings. The van der Waals surface area contributed by atoms with Gasteiger partial charge in [0.25, 0.3) is 5.91 Å². The second-order valence-electron chi connectivity index (χ2n) is 7.12. The Kier molecular flexibility index (Phi) is 4.08. The van der Waals surface area contributed by atoms with E-state index in [1.165, 1.54) is 6.07 Å². The Morgan fingerprint density at radius 3 is 2.29 bits per heavy atom. The van der Waals surface area contributed by atoms with E-state index in [1.54, 1.807) is 4.90 Å². The molecule has 1 aliphatic carbocycles. The first-order valence-corrected chi connectivity index (χ1v) is 8.85. The van der Waals surface area contributed by atoms with Crippen LogP contribution in [0.15, 0.2) is 24.3 Å². The summed E-state index contributed by atoms with van der Waals surface area (Å²) in [5, 5.41) is 30.1. The molecule has 1 saturated heterocycles. The van der Waals surface area contributed by atoms with Crippen molar-refractivity contribution in [3.05, 3.63) is 52.1 Å². The van der Waals surface area contributed by atoms with Crippen molar-refractivity contribution in [2.75, 3.05) is 13.1 Å². The van der Waals surface area contributed by atoms with Crippen molar-refractivity contribution in [2.24, 2.45) is 5.73 Å². The Hall–Kier alpha value is -3.39. The number of fused-ring (bicyclic) bond motifs is 2. The van der Waals surface area contributed by atoms with Gasteiger partial charge in [-0.1, -0.05) is 0 Å². The average molecular weight is 382 g/mol. The van der Waals surface area contributed by atoms with Crippen LogP contribution in [0, 0.1) is 0 Å². The fraction of sp³-hybridized carbons (Fsp3) is 0.250. The molecule has 1 amide bonds. The number of piperidine rings is 1. The molecule has 1 atom stereocenters. The van der Waals surface area contributed by atoms with E-state index >= 15 is 0 Å². The molecule has 1 heterocycles. The molecule has 0 aromatic heterocycles. The number of hydrogen-bond donors (Lipinski definition) is 4. The van der Waals surface area contributed by atoms with Crippen molar-refractivity contribution in [3.8, 4) is 17.2 Å². The van der Waals surface area contributed by atoms with E-state index in [2.05, 4.69) is 0 Å². The van der Waals surface area contributed by atoms with E-state index in [0.717, 1.165) is 31.0 Å². The summed E-state index contributed by atoms with van der Waals surface area (Å²) >= 11 is 0. The third-order valence-corrected chi connectivity index (χ3v) is 5.16. The van der Waals surface area contributed by atoms with Crippen LogP contribution in [0.4, 0.5) is 0 Å². The van der Waals surface area contributed by atoms with Gasteiger partial charge in [0, 0.05) is 41.9 Å². The average Bonchev–Trinajstić information content (AvgIpc) is 2.64. The number of aromatic hydroxyl groups is 3. The molecule has 2 aromatic carbocycles. The summed E-state index contributed by atoms with van der Waals surface area (Å²) in [6.45, 7) is 0.885. The number of hydrogen-bond acceptors (Lipinski definition) is 7. The quantitative estimate of drug-likeness (QED) is 0.494. The zero-order chi connectivity index (χ0) is 20.2. The molecule has 1 aliphatic heterocycles. The summed E-state index contributed by atoms with van der Waals surface area (Å²) in [6.07, 6.45) is 1.57. The Morgan fingerprint density at radius 2 is 1.61 bits per heavy atom. The van der Waals surface area contributed by atoms with Gasteiger partial charge in [0.2, 0.25) is 5.78 Å². The third-order valence-electron chi connectivity index (χ3n) is 5.16. The van der Waals surface area contributed by atoms with Gasteiger partial charge in [0.1, 0.15) is 17.2 Å². The van der Waals surface area contributed by atoms with Crippen LogP contribution < -0.4 is 5.73 Å². The molecule has 4 rings (SSSR count). The molecule has 8 heteroatoms. The number of likely N-dealkylation sites (tertiary alicyclic amines) is 1. The maximum absolute atomic E-state index is 12.9. The summed E-state index contributed by atoms with van der Waals surface area (Å²) in [5.41, 5.74) is 5.10. The van der Waals surface area contributed by atoms with Crippen LogP contribution in [0.25, 0.3) is 0 Å². The number of nitrogens with zero attached hydrogens (tertiary/aromatic N) is 1. The van der Waals surface area contributed by atoms with Crippen LogP contribution in [0.3, 0.4) is 0 Å². The normalized spacial score (nSPS) is 18.6. The lowest BCUT2D eigenvalue weighted by molar-refractivity contribution is 0.0708. The van der Waals surface area contributed by atoms with E-state index in [4.69, 9.17) is 5.73 Å². The van der Waals surface area contributed by atoms with E-state index in [1.807, 2.05) is 0 Å². The number of amides is 1. The van der Waals surface area contributed by atoms with Crippen molar-refractivity contribution >= 4 is 17.5 Å². The SMILES string of the molecule is N[C@H]1CCCN(C(=O)c2cc(O)c3c(c2)C(=O)c2cc(O)cc(O)c2C3=O)C1. The largest absolute Gasteiger partial charge is 0.508 e.